The number of hydrogen-bond acceptors (Lipinski definition) is 2. The Morgan fingerprint density at radius 3 is 2.53 bits per heavy atom. The average Bonchev–Trinajstić information content (AvgIpc) is 2.95. The van der Waals surface area contributed by atoms with Crippen LogP contribution in [0.15, 0.2) is 12.4 Å². The minimum Gasteiger partial charge on any atom is -0.258 e. The lowest BCUT2D eigenvalue weighted by atomic mass is 10.1. The van der Waals surface area contributed by atoms with E-state index in [0.717, 1.165) is 24.2 Å². The van der Waals surface area contributed by atoms with Crippen molar-refractivity contribution in [2.45, 2.75) is 51.1 Å². The maximum Gasteiger partial charge on any atom is 0.111 e. The van der Waals surface area contributed by atoms with Gasteiger partial charge in [0.1, 0.15) is 5.67 Å². The van der Waals surface area contributed by atoms with Crippen LogP contribution >= 0.6 is 0 Å². The van der Waals surface area contributed by atoms with Crippen LogP contribution in [0.3, 0.4) is 0 Å². The van der Waals surface area contributed by atoms with Gasteiger partial charge < -0.3 is 0 Å². The third-order valence-corrected chi connectivity index (χ3v) is 2.94. The molecule has 2 rings (SSSR count). The summed E-state index contributed by atoms with van der Waals surface area (Å²) >= 11 is 0. The molecular formula is C12H17FN2. The molecule has 0 unspecified atom stereocenters. The summed E-state index contributed by atoms with van der Waals surface area (Å²) in [5, 5.41) is 0. The number of nitrogens with zero attached hydrogens (tertiary/aromatic N) is 2. The van der Waals surface area contributed by atoms with E-state index in [-0.39, 0.29) is 0 Å². The quantitative estimate of drug-likeness (QED) is 0.760. The van der Waals surface area contributed by atoms with Gasteiger partial charge in [0.2, 0.25) is 0 Å². The Bertz CT molecular complexity index is 328. The normalized spacial score (nSPS) is 18.1. The van der Waals surface area contributed by atoms with Crippen molar-refractivity contribution in [1.82, 2.24) is 9.97 Å². The van der Waals surface area contributed by atoms with Crippen LogP contribution in [0.1, 0.15) is 50.4 Å². The van der Waals surface area contributed by atoms with E-state index >= 15 is 0 Å². The Morgan fingerprint density at radius 2 is 2.07 bits per heavy atom. The lowest BCUT2D eigenvalue weighted by Crippen LogP contribution is -2.04. The molecule has 0 amide bonds. The molecular weight excluding hydrogens is 191 g/mol. The Balaban J connectivity index is 1.92. The fraction of sp³-hybridized carbons (Fsp3) is 0.667. The molecule has 0 spiro atoms. The van der Waals surface area contributed by atoms with Gasteiger partial charge in [-0.3, -0.25) is 9.97 Å². The molecule has 1 fully saturated rings. The average molecular weight is 208 g/mol. The van der Waals surface area contributed by atoms with Crippen molar-refractivity contribution in [3.05, 3.63) is 23.8 Å². The first-order chi connectivity index (χ1) is 7.09. The zero-order valence-corrected chi connectivity index (χ0v) is 9.33. The first-order valence-electron chi connectivity index (χ1n) is 5.59. The molecule has 3 heteroatoms. The number of aromatic nitrogens is 2. The third-order valence-electron chi connectivity index (χ3n) is 2.94. The van der Waals surface area contributed by atoms with Gasteiger partial charge in [-0.1, -0.05) is 13.8 Å². The number of hydrogen-bond donors (Lipinski definition) is 0. The number of halogens is 1. The van der Waals surface area contributed by atoms with Crippen molar-refractivity contribution >= 4 is 0 Å². The van der Waals surface area contributed by atoms with Gasteiger partial charge in [-0.25, -0.2) is 4.39 Å². The molecule has 0 N–H and O–H groups in total. The van der Waals surface area contributed by atoms with E-state index in [4.69, 9.17) is 0 Å². The maximum absolute atomic E-state index is 13.3. The summed E-state index contributed by atoms with van der Waals surface area (Å²) in [4.78, 5) is 8.62. The number of alkyl halides is 1. The highest BCUT2D eigenvalue weighted by Gasteiger charge is 2.42. The summed E-state index contributed by atoms with van der Waals surface area (Å²) in [7, 11) is 0. The SMILES string of the molecule is CC(C)c1cnc(CCC2(F)CC2)cn1. The van der Waals surface area contributed by atoms with Gasteiger partial charge in [-0.05, 0) is 31.6 Å². The highest BCUT2D eigenvalue weighted by Crippen LogP contribution is 2.43. The molecule has 0 saturated heterocycles. The van der Waals surface area contributed by atoms with Gasteiger partial charge in [0.15, 0.2) is 0 Å². The summed E-state index contributed by atoms with van der Waals surface area (Å²) < 4.78 is 13.3. The van der Waals surface area contributed by atoms with Gasteiger partial charge in [-0.15, -0.1) is 0 Å². The Morgan fingerprint density at radius 1 is 1.33 bits per heavy atom. The van der Waals surface area contributed by atoms with Crippen LogP contribution in [0.25, 0.3) is 0 Å². The van der Waals surface area contributed by atoms with Crippen LogP contribution in [-0.2, 0) is 6.42 Å². The Kier molecular flexibility index (Phi) is 2.72. The van der Waals surface area contributed by atoms with Crippen LogP contribution in [-0.4, -0.2) is 15.6 Å². The van der Waals surface area contributed by atoms with E-state index < -0.39 is 5.67 Å². The van der Waals surface area contributed by atoms with Crippen LogP contribution in [0.2, 0.25) is 0 Å². The first-order valence-corrected chi connectivity index (χ1v) is 5.59. The van der Waals surface area contributed by atoms with Gasteiger partial charge in [0, 0.05) is 12.4 Å². The zero-order chi connectivity index (χ0) is 10.9. The Labute approximate surface area is 89.9 Å². The highest BCUT2D eigenvalue weighted by atomic mass is 19.1. The van der Waals surface area contributed by atoms with E-state index in [9.17, 15) is 4.39 Å². The van der Waals surface area contributed by atoms with Crippen molar-refractivity contribution in [3.8, 4) is 0 Å². The first kappa shape index (κ1) is 10.5. The van der Waals surface area contributed by atoms with Gasteiger partial charge >= 0.3 is 0 Å². The fourth-order valence-electron chi connectivity index (χ4n) is 1.53. The maximum atomic E-state index is 13.3. The number of aryl methyl sites for hydroxylation is 1. The van der Waals surface area contributed by atoms with E-state index in [1.807, 2.05) is 0 Å². The molecule has 15 heavy (non-hydrogen) atoms. The molecule has 0 bridgehead atoms. The second-order valence-corrected chi connectivity index (χ2v) is 4.74. The molecule has 82 valence electrons. The van der Waals surface area contributed by atoms with Gasteiger partial charge in [-0.2, -0.15) is 0 Å². The van der Waals surface area contributed by atoms with E-state index in [2.05, 4.69) is 23.8 Å². The lowest BCUT2D eigenvalue weighted by Gasteiger charge is -2.06. The molecule has 0 radical (unpaired) electrons. The molecule has 1 aromatic rings. The molecule has 0 aromatic carbocycles. The summed E-state index contributed by atoms with van der Waals surface area (Å²) in [6.07, 6.45) is 6.35. The molecule has 1 aliphatic carbocycles. The molecule has 1 saturated carbocycles. The van der Waals surface area contributed by atoms with Crippen LogP contribution < -0.4 is 0 Å². The van der Waals surface area contributed by atoms with Crippen LogP contribution in [0, 0.1) is 0 Å². The summed E-state index contributed by atoms with van der Waals surface area (Å²) in [5.41, 5.74) is 1.03. The van der Waals surface area contributed by atoms with Crippen LogP contribution in [0.4, 0.5) is 4.39 Å². The van der Waals surface area contributed by atoms with Crippen LogP contribution in [0.5, 0.6) is 0 Å². The Hall–Kier alpha value is -0.990. The fourth-order valence-corrected chi connectivity index (χ4v) is 1.53. The van der Waals surface area contributed by atoms with Crippen molar-refractivity contribution in [2.24, 2.45) is 0 Å². The second kappa shape index (κ2) is 3.87. The molecule has 2 nitrogen and oxygen atoms in total. The molecule has 0 atom stereocenters. The van der Waals surface area contributed by atoms with E-state index in [1.165, 1.54) is 0 Å². The monoisotopic (exact) mass is 208 g/mol. The van der Waals surface area contributed by atoms with Crippen molar-refractivity contribution in [1.29, 1.82) is 0 Å². The minimum absolute atomic E-state index is 0.405. The topological polar surface area (TPSA) is 25.8 Å². The lowest BCUT2D eigenvalue weighted by molar-refractivity contribution is 0.289. The number of rotatable bonds is 4. The second-order valence-electron chi connectivity index (χ2n) is 4.74. The minimum atomic E-state index is -0.877. The summed E-state index contributed by atoms with van der Waals surface area (Å²) in [6, 6.07) is 0. The largest absolute Gasteiger partial charge is 0.258 e. The molecule has 1 heterocycles. The van der Waals surface area contributed by atoms with Crippen molar-refractivity contribution < 1.29 is 4.39 Å². The smallest absolute Gasteiger partial charge is 0.111 e. The van der Waals surface area contributed by atoms with Gasteiger partial charge in [0.05, 0.1) is 11.4 Å². The predicted molar refractivity (Wildman–Crippen MR) is 57.5 cm³/mol. The third kappa shape index (κ3) is 2.74. The standard InChI is InChI=1S/C12H17FN2/c1-9(2)11-8-14-10(7-15-11)3-4-12(13)5-6-12/h7-9H,3-6H2,1-2H3. The van der Waals surface area contributed by atoms with E-state index in [1.54, 1.807) is 12.4 Å². The van der Waals surface area contributed by atoms with E-state index in [0.29, 0.717) is 18.8 Å². The molecule has 1 aromatic heterocycles. The summed E-state index contributed by atoms with van der Waals surface area (Å²) in [6.45, 7) is 4.18. The predicted octanol–water partition coefficient (Wildman–Crippen LogP) is 3.03. The van der Waals surface area contributed by atoms with Crippen molar-refractivity contribution in [3.63, 3.8) is 0 Å². The van der Waals surface area contributed by atoms with Gasteiger partial charge in [0.25, 0.3) is 0 Å². The van der Waals surface area contributed by atoms with Crippen molar-refractivity contribution in [2.75, 3.05) is 0 Å². The molecule has 0 aliphatic heterocycles. The molecule has 1 aliphatic rings. The summed E-state index contributed by atoms with van der Waals surface area (Å²) in [5.74, 6) is 0.405. The highest BCUT2D eigenvalue weighted by molar-refractivity contribution is 5.07. The zero-order valence-electron chi connectivity index (χ0n) is 9.33.